The fraction of sp³-hybridized carbons (Fsp3) is 0.562. The van der Waals surface area contributed by atoms with Gasteiger partial charge in [0.15, 0.2) is 17.7 Å². The highest BCUT2D eigenvalue weighted by Crippen LogP contribution is 2.34. The first-order chi connectivity index (χ1) is 10.8. The topological polar surface area (TPSA) is 97.5 Å². The van der Waals surface area contributed by atoms with Gasteiger partial charge in [-0.1, -0.05) is 20.8 Å². The molecule has 0 aromatic carbocycles. The molecule has 2 rings (SSSR count). The van der Waals surface area contributed by atoms with E-state index in [9.17, 15) is 9.59 Å². The van der Waals surface area contributed by atoms with E-state index in [1.165, 1.54) is 4.90 Å². The van der Waals surface area contributed by atoms with E-state index in [0.717, 1.165) is 6.42 Å². The van der Waals surface area contributed by atoms with Gasteiger partial charge in [0.25, 0.3) is 5.91 Å². The Morgan fingerprint density at radius 1 is 1.43 bits per heavy atom. The molecule has 0 aliphatic carbocycles. The van der Waals surface area contributed by atoms with E-state index in [2.05, 4.69) is 10.3 Å². The monoisotopic (exact) mass is 320 g/mol. The van der Waals surface area contributed by atoms with Crippen LogP contribution in [0.25, 0.3) is 0 Å². The molecule has 2 heterocycles. The van der Waals surface area contributed by atoms with E-state index in [4.69, 9.17) is 10.5 Å². The molecule has 0 bridgehead atoms. The van der Waals surface area contributed by atoms with Gasteiger partial charge in [-0.3, -0.25) is 14.5 Å². The Morgan fingerprint density at radius 2 is 2.13 bits per heavy atom. The summed E-state index contributed by atoms with van der Waals surface area (Å²) in [4.78, 5) is 30.4. The zero-order chi connectivity index (χ0) is 17.1. The van der Waals surface area contributed by atoms with Crippen molar-refractivity contribution in [3.8, 4) is 5.75 Å². The first-order valence-electron chi connectivity index (χ1n) is 7.87. The third kappa shape index (κ3) is 3.72. The van der Waals surface area contributed by atoms with E-state index in [1.807, 2.05) is 27.7 Å². The number of fused-ring (bicyclic) bond motifs is 1. The van der Waals surface area contributed by atoms with Crippen LogP contribution in [0.15, 0.2) is 12.1 Å². The average molecular weight is 320 g/mol. The van der Waals surface area contributed by atoms with Crippen LogP contribution in [0.4, 0.5) is 11.6 Å². The SMILES string of the molecule is CCC(C)NC(=O)CN1C(=O)C(C(C)C)Oc2ccc(N)nc21. The number of hydrogen-bond acceptors (Lipinski definition) is 5. The molecule has 0 saturated heterocycles. The van der Waals surface area contributed by atoms with Gasteiger partial charge in [-0.15, -0.1) is 0 Å². The molecule has 2 atom stereocenters. The number of anilines is 2. The zero-order valence-corrected chi connectivity index (χ0v) is 14.0. The Morgan fingerprint density at radius 3 is 2.74 bits per heavy atom. The van der Waals surface area contributed by atoms with Gasteiger partial charge in [0, 0.05) is 6.04 Å². The normalized spacial score (nSPS) is 18.4. The van der Waals surface area contributed by atoms with Crippen LogP contribution in [-0.4, -0.2) is 35.5 Å². The van der Waals surface area contributed by atoms with Crippen LogP contribution in [0.5, 0.6) is 5.75 Å². The maximum absolute atomic E-state index is 12.7. The molecule has 0 fully saturated rings. The number of rotatable bonds is 5. The molecule has 0 radical (unpaired) electrons. The Hall–Kier alpha value is -2.31. The summed E-state index contributed by atoms with van der Waals surface area (Å²) in [7, 11) is 0. The second-order valence-electron chi connectivity index (χ2n) is 6.14. The lowest BCUT2D eigenvalue weighted by molar-refractivity contribution is -0.130. The number of carbonyl (C=O) groups excluding carboxylic acids is 2. The summed E-state index contributed by atoms with van der Waals surface area (Å²) >= 11 is 0. The Labute approximate surface area is 136 Å². The molecule has 1 aromatic rings. The lowest BCUT2D eigenvalue weighted by atomic mass is 10.0. The second-order valence-corrected chi connectivity index (χ2v) is 6.14. The van der Waals surface area contributed by atoms with Gasteiger partial charge in [0.05, 0.1) is 0 Å². The van der Waals surface area contributed by atoms with Crippen LogP contribution >= 0.6 is 0 Å². The van der Waals surface area contributed by atoms with Crippen LogP contribution in [-0.2, 0) is 9.59 Å². The second kappa shape index (κ2) is 6.85. The molecule has 1 aromatic heterocycles. The molecule has 7 heteroatoms. The number of amides is 2. The number of carbonyl (C=O) groups is 2. The number of nitrogen functional groups attached to an aromatic ring is 1. The van der Waals surface area contributed by atoms with Crippen LogP contribution < -0.4 is 20.7 Å². The van der Waals surface area contributed by atoms with Crippen molar-refractivity contribution in [1.82, 2.24) is 10.3 Å². The van der Waals surface area contributed by atoms with E-state index >= 15 is 0 Å². The summed E-state index contributed by atoms with van der Waals surface area (Å²) in [5.74, 6) is 0.515. The standard InChI is InChI=1S/C16H24N4O3/c1-5-10(4)18-13(21)8-20-15-11(6-7-12(17)19-15)23-14(9(2)3)16(20)22/h6-7,9-10,14H,5,8H2,1-4H3,(H2,17,19)(H,18,21). The quantitative estimate of drug-likeness (QED) is 0.853. The highest BCUT2D eigenvalue weighted by atomic mass is 16.5. The smallest absolute Gasteiger partial charge is 0.270 e. The molecule has 23 heavy (non-hydrogen) atoms. The molecule has 2 unspecified atom stereocenters. The number of nitrogens with one attached hydrogen (secondary N) is 1. The van der Waals surface area contributed by atoms with Crippen molar-refractivity contribution in [2.45, 2.75) is 46.3 Å². The number of pyridine rings is 1. The molecule has 1 aliphatic rings. The molecule has 1 aliphatic heterocycles. The average Bonchev–Trinajstić information content (AvgIpc) is 2.49. The summed E-state index contributed by atoms with van der Waals surface area (Å²) in [6.07, 6.45) is 0.184. The number of nitrogens with two attached hydrogens (primary N) is 1. The van der Waals surface area contributed by atoms with Crippen LogP contribution in [0.2, 0.25) is 0 Å². The molecule has 3 N–H and O–H groups in total. The zero-order valence-electron chi connectivity index (χ0n) is 14.0. The van der Waals surface area contributed by atoms with Crippen molar-refractivity contribution in [3.63, 3.8) is 0 Å². The summed E-state index contributed by atoms with van der Waals surface area (Å²) in [6, 6.07) is 3.34. The number of nitrogens with zero attached hydrogens (tertiary/aromatic N) is 2. The summed E-state index contributed by atoms with van der Waals surface area (Å²) < 4.78 is 5.73. The summed E-state index contributed by atoms with van der Waals surface area (Å²) in [6.45, 7) is 7.60. The number of aromatic nitrogens is 1. The van der Waals surface area contributed by atoms with Crippen molar-refractivity contribution in [2.75, 3.05) is 17.2 Å². The van der Waals surface area contributed by atoms with Crippen molar-refractivity contribution in [3.05, 3.63) is 12.1 Å². The first-order valence-corrected chi connectivity index (χ1v) is 7.87. The van der Waals surface area contributed by atoms with Gasteiger partial charge in [-0.2, -0.15) is 0 Å². The van der Waals surface area contributed by atoms with Crippen molar-refractivity contribution in [1.29, 1.82) is 0 Å². The van der Waals surface area contributed by atoms with Gasteiger partial charge < -0.3 is 15.8 Å². The van der Waals surface area contributed by atoms with Crippen LogP contribution in [0.3, 0.4) is 0 Å². The van der Waals surface area contributed by atoms with Crippen molar-refractivity contribution in [2.24, 2.45) is 5.92 Å². The molecule has 0 spiro atoms. The first kappa shape index (κ1) is 17.1. The highest BCUT2D eigenvalue weighted by Gasteiger charge is 2.38. The Balaban J connectivity index is 2.29. The minimum atomic E-state index is -0.635. The molecular weight excluding hydrogens is 296 g/mol. The molecule has 7 nitrogen and oxygen atoms in total. The van der Waals surface area contributed by atoms with Crippen LogP contribution in [0, 0.1) is 5.92 Å². The largest absolute Gasteiger partial charge is 0.476 e. The lowest BCUT2D eigenvalue weighted by Gasteiger charge is -2.34. The maximum atomic E-state index is 12.7. The lowest BCUT2D eigenvalue weighted by Crippen LogP contribution is -2.52. The molecular formula is C16H24N4O3. The maximum Gasteiger partial charge on any atom is 0.270 e. The number of ether oxygens (including phenoxy) is 1. The third-order valence-electron chi connectivity index (χ3n) is 3.81. The number of hydrogen-bond donors (Lipinski definition) is 2. The van der Waals surface area contributed by atoms with Gasteiger partial charge in [-0.25, -0.2) is 4.98 Å². The predicted octanol–water partition coefficient (Wildman–Crippen LogP) is 1.33. The van der Waals surface area contributed by atoms with E-state index < -0.39 is 6.10 Å². The third-order valence-corrected chi connectivity index (χ3v) is 3.81. The van der Waals surface area contributed by atoms with Gasteiger partial charge in [0.2, 0.25) is 5.91 Å². The van der Waals surface area contributed by atoms with Gasteiger partial charge in [-0.05, 0) is 31.4 Å². The molecule has 2 amide bonds. The van der Waals surface area contributed by atoms with E-state index in [0.29, 0.717) is 11.6 Å². The van der Waals surface area contributed by atoms with E-state index in [1.54, 1.807) is 12.1 Å². The molecule has 0 saturated carbocycles. The van der Waals surface area contributed by atoms with Gasteiger partial charge >= 0.3 is 0 Å². The van der Waals surface area contributed by atoms with Crippen molar-refractivity contribution >= 4 is 23.5 Å². The van der Waals surface area contributed by atoms with Gasteiger partial charge in [0.1, 0.15) is 12.4 Å². The minimum absolute atomic E-state index is 0.0201. The minimum Gasteiger partial charge on any atom is -0.476 e. The molecule has 126 valence electrons. The Kier molecular flexibility index (Phi) is 5.08. The summed E-state index contributed by atoms with van der Waals surface area (Å²) in [5.41, 5.74) is 5.71. The van der Waals surface area contributed by atoms with Crippen molar-refractivity contribution < 1.29 is 14.3 Å². The van der Waals surface area contributed by atoms with Crippen LogP contribution in [0.1, 0.15) is 34.1 Å². The fourth-order valence-electron chi connectivity index (χ4n) is 2.32. The van der Waals surface area contributed by atoms with E-state index in [-0.39, 0.29) is 36.1 Å². The highest BCUT2D eigenvalue weighted by molar-refractivity contribution is 6.03. The Bertz CT molecular complexity index is 603. The predicted molar refractivity (Wildman–Crippen MR) is 88.2 cm³/mol. The fourth-order valence-corrected chi connectivity index (χ4v) is 2.32. The summed E-state index contributed by atoms with van der Waals surface area (Å²) in [5, 5.41) is 2.85.